The van der Waals surface area contributed by atoms with Crippen molar-refractivity contribution in [3.05, 3.63) is 18.2 Å². The molecular formula is C14H22F3N3O3. The molecule has 0 aliphatic rings. The van der Waals surface area contributed by atoms with Gasteiger partial charge in [0.05, 0.1) is 12.5 Å². The Morgan fingerprint density at radius 2 is 2.04 bits per heavy atom. The molecule has 1 aromatic rings. The monoisotopic (exact) mass is 337 g/mol. The molecule has 1 rings (SSSR count). The molecule has 0 fully saturated rings. The fourth-order valence-electron chi connectivity index (χ4n) is 2.06. The van der Waals surface area contributed by atoms with E-state index in [1.807, 2.05) is 0 Å². The van der Waals surface area contributed by atoms with Gasteiger partial charge in [0.1, 0.15) is 0 Å². The topological polar surface area (TPSA) is 87.4 Å². The smallest absolute Gasteiger partial charge is 0.393 e. The number of hydrogen-bond donors (Lipinski definition) is 3. The SMILES string of the molecule is CC(C)C(O)CCNC(=O)CC(O)(c1nccn1C)C(F)(F)F. The van der Waals surface area contributed by atoms with Crippen molar-refractivity contribution in [2.24, 2.45) is 13.0 Å². The van der Waals surface area contributed by atoms with E-state index in [2.05, 4.69) is 10.3 Å². The van der Waals surface area contributed by atoms with Crippen molar-refractivity contribution in [1.82, 2.24) is 14.9 Å². The number of aliphatic hydroxyl groups excluding tert-OH is 1. The number of aryl methyl sites for hydroxylation is 1. The summed E-state index contributed by atoms with van der Waals surface area (Å²) >= 11 is 0. The summed E-state index contributed by atoms with van der Waals surface area (Å²) in [6.45, 7) is 3.60. The Hall–Kier alpha value is -1.61. The average molecular weight is 337 g/mol. The summed E-state index contributed by atoms with van der Waals surface area (Å²) in [6, 6.07) is 0. The zero-order valence-corrected chi connectivity index (χ0v) is 13.3. The number of aliphatic hydroxyl groups is 2. The van der Waals surface area contributed by atoms with Crippen molar-refractivity contribution in [1.29, 1.82) is 0 Å². The number of aromatic nitrogens is 2. The van der Waals surface area contributed by atoms with E-state index in [1.54, 1.807) is 13.8 Å². The molecule has 0 radical (unpaired) electrons. The Balaban J connectivity index is 2.76. The standard InChI is InChI=1S/C14H22F3N3O3/c1-9(2)10(21)4-5-18-11(22)8-13(23,14(15,16)17)12-19-6-7-20(12)3/h6-7,9-10,21,23H,4-5,8H2,1-3H3,(H,18,22). The number of imidazole rings is 1. The lowest BCUT2D eigenvalue weighted by molar-refractivity contribution is -0.271. The summed E-state index contributed by atoms with van der Waals surface area (Å²) < 4.78 is 40.7. The van der Waals surface area contributed by atoms with Crippen LogP contribution in [0.15, 0.2) is 12.4 Å². The minimum Gasteiger partial charge on any atom is -0.393 e. The Morgan fingerprint density at radius 1 is 1.43 bits per heavy atom. The Bertz CT molecular complexity index is 531. The fraction of sp³-hybridized carbons (Fsp3) is 0.714. The second-order valence-corrected chi connectivity index (χ2v) is 5.85. The van der Waals surface area contributed by atoms with Crippen LogP contribution in [0.25, 0.3) is 0 Å². The molecule has 0 aliphatic carbocycles. The number of rotatable bonds is 7. The Kier molecular flexibility index (Phi) is 6.18. The second kappa shape index (κ2) is 7.31. The number of carbonyl (C=O) groups is 1. The number of carbonyl (C=O) groups excluding carboxylic acids is 1. The van der Waals surface area contributed by atoms with E-state index >= 15 is 0 Å². The van der Waals surface area contributed by atoms with Crippen LogP contribution in [0.1, 0.15) is 32.5 Å². The van der Waals surface area contributed by atoms with Crippen LogP contribution in [0.4, 0.5) is 13.2 Å². The summed E-state index contributed by atoms with van der Waals surface area (Å²) in [5.74, 6) is -1.64. The molecule has 2 atom stereocenters. The molecule has 0 aromatic carbocycles. The van der Waals surface area contributed by atoms with E-state index in [0.717, 1.165) is 10.8 Å². The molecule has 0 spiro atoms. The predicted molar refractivity (Wildman–Crippen MR) is 76.2 cm³/mol. The number of halogens is 3. The summed E-state index contributed by atoms with van der Waals surface area (Å²) in [7, 11) is 1.30. The van der Waals surface area contributed by atoms with Crippen LogP contribution in [-0.2, 0) is 17.4 Å². The normalized spacial score (nSPS) is 16.2. The van der Waals surface area contributed by atoms with E-state index in [-0.39, 0.29) is 18.9 Å². The van der Waals surface area contributed by atoms with Gasteiger partial charge in [-0.15, -0.1) is 0 Å². The molecule has 0 saturated carbocycles. The van der Waals surface area contributed by atoms with Crippen LogP contribution in [0.2, 0.25) is 0 Å². The van der Waals surface area contributed by atoms with E-state index in [1.165, 1.54) is 13.2 Å². The molecule has 9 heteroatoms. The van der Waals surface area contributed by atoms with Crippen LogP contribution in [0.3, 0.4) is 0 Å². The molecule has 1 heterocycles. The van der Waals surface area contributed by atoms with Gasteiger partial charge in [0.25, 0.3) is 0 Å². The number of nitrogens with zero attached hydrogens (tertiary/aromatic N) is 2. The minimum atomic E-state index is -5.05. The zero-order chi connectivity index (χ0) is 17.8. The summed E-state index contributed by atoms with van der Waals surface area (Å²) in [5, 5.41) is 21.9. The minimum absolute atomic E-state index is 0.0205. The van der Waals surface area contributed by atoms with Gasteiger partial charge < -0.3 is 20.1 Å². The molecular weight excluding hydrogens is 315 g/mol. The largest absolute Gasteiger partial charge is 0.425 e. The van der Waals surface area contributed by atoms with Gasteiger partial charge in [-0.1, -0.05) is 13.8 Å². The fourth-order valence-corrected chi connectivity index (χ4v) is 2.06. The molecule has 132 valence electrons. The van der Waals surface area contributed by atoms with Crippen LogP contribution >= 0.6 is 0 Å². The first-order chi connectivity index (χ1) is 10.5. The second-order valence-electron chi connectivity index (χ2n) is 5.85. The van der Waals surface area contributed by atoms with Crippen LogP contribution < -0.4 is 5.32 Å². The maximum atomic E-state index is 13.2. The first-order valence-corrected chi connectivity index (χ1v) is 7.20. The van der Waals surface area contributed by atoms with Gasteiger partial charge in [0, 0.05) is 26.0 Å². The third-order valence-corrected chi connectivity index (χ3v) is 3.61. The quantitative estimate of drug-likeness (QED) is 0.695. The number of alkyl halides is 3. The van der Waals surface area contributed by atoms with E-state index < -0.39 is 36.0 Å². The predicted octanol–water partition coefficient (Wildman–Crippen LogP) is 1.08. The molecule has 0 aliphatic heterocycles. The molecule has 1 amide bonds. The third kappa shape index (κ3) is 4.68. The maximum absolute atomic E-state index is 13.2. The van der Waals surface area contributed by atoms with Gasteiger partial charge in [-0.3, -0.25) is 4.79 Å². The van der Waals surface area contributed by atoms with Gasteiger partial charge >= 0.3 is 6.18 Å². The number of nitrogens with one attached hydrogen (secondary N) is 1. The first kappa shape index (κ1) is 19.4. The van der Waals surface area contributed by atoms with Crippen molar-refractivity contribution in [3.63, 3.8) is 0 Å². The summed E-state index contributed by atoms with van der Waals surface area (Å²) in [5.41, 5.74) is -3.37. The Labute approximate surface area is 132 Å². The molecule has 0 saturated heterocycles. The van der Waals surface area contributed by atoms with Crippen molar-refractivity contribution >= 4 is 5.91 Å². The third-order valence-electron chi connectivity index (χ3n) is 3.61. The maximum Gasteiger partial charge on any atom is 0.425 e. The van der Waals surface area contributed by atoms with Crippen LogP contribution in [-0.4, -0.2) is 44.5 Å². The molecule has 23 heavy (non-hydrogen) atoms. The highest BCUT2D eigenvalue weighted by molar-refractivity contribution is 5.77. The van der Waals surface area contributed by atoms with Gasteiger partial charge in [-0.05, 0) is 12.3 Å². The number of amides is 1. The molecule has 0 bridgehead atoms. The van der Waals surface area contributed by atoms with Gasteiger partial charge in [0.2, 0.25) is 11.5 Å². The van der Waals surface area contributed by atoms with Gasteiger partial charge in [-0.2, -0.15) is 13.2 Å². The van der Waals surface area contributed by atoms with Gasteiger partial charge in [-0.25, -0.2) is 4.98 Å². The van der Waals surface area contributed by atoms with Crippen LogP contribution in [0.5, 0.6) is 0 Å². The summed E-state index contributed by atoms with van der Waals surface area (Å²) in [6.07, 6.45) is -4.33. The van der Waals surface area contributed by atoms with Crippen molar-refractivity contribution in [2.75, 3.05) is 6.54 Å². The van der Waals surface area contributed by atoms with E-state index in [0.29, 0.717) is 0 Å². The molecule has 6 nitrogen and oxygen atoms in total. The number of hydrogen-bond acceptors (Lipinski definition) is 4. The summed E-state index contributed by atoms with van der Waals surface area (Å²) in [4.78, 5) is 15.3. The van der Waals surface area contributed by atoms with Crippen molar-refractivity contribution in [3.8, 4) is 0 Å². The highest BCUT2D eigenvalue weighted by atomic mass is 19.4. The first-order valence-electron chi connectivity index (χ1n) is 7.20. The lowest BCUT2D eigenvalue weighted by Crippen LogP contribution is -2.48. The van der Waals surface area contributed by atoms with Crippen molar-refractivity contribution < 1.29 is 28.2 Å². The lowest BCUT2D eigenvalue weighted by Gasteiger charge is -2.29. The zero-order valence-electron chi connectivity index (χ0n) is 13.3. The van der Waals surface area contributed by atoms with Gasteiger partial charge in [0.15, 0.2) is 5.82 Å². The highest BCUT2D eigenvalue weighted by Crippen LogP contribution is 2.40. The molecule has 1 aromatic heterocycles. The van der Waals surface area contributed by atoms with Crippen molar-refractivity contribution in [2.45, 2.75) is 44.6 Å². The average Bonchev–Trinajstić information content (AvgIpc) is 2.83. The van der Waals surface area contributed by atoms with E-state index in [4.69, 9.17) is 0 Å². The lowest BCUT2D eigenvalue weighted by atomic mass is 9.97. The molecule has 2 unspecified atom stereocenters. The highest BCUT2D eigenvalue weighted by Gasteiger charge is 2.58. The van der Waals surface area contributed by atoms with E-state index in [9.17, 15) is 28.2 Å². The molecule has 3 N–H and O–H groups in total. The Morgan fingerprint density at radius 3 is 2.48 bits per heavy atom. The van der Waals surface area contributed by atoms with Crippen LogP contribution in [0, 0.1) is 5.92 Å².